The second-order valence-corrected chi connectivity index (χ2v) is 7.76. The van der Waals surface area contributed by atoms with E-state index in [9.17, 15) is 0 Å². The van der Waals surface area contributed by atoms with Crippen LogP contribution in [0.5, 0.6) is 0 Å². The third-order valence-electron chi connectivity index (χ3n) is 5.18. The van der Waals surface area contributed by atoms with Crippen LogP contribution in [0.2, 0.25) is 5.02 Å². The van der Waals surface area contributed by atoms with Crippen LogP contribution in [0, 0.1) is 0 Å². The van der Waals surface area contributed by atoms with Gasteiger partial charge in [0.1, 0.15) is 0 Å². The normalized spacial score (nSPS) is 34.8. The van der Waals surface area contributed by atoms with Crippen molar-refractivity contribution in [2.75, 3.05) is 26.6 Å². The van der Waals surface area contributed by atoms with E-state index in [1.165, 1.54) is 0 Å². The summed E-state index contributed by atoms with van der Waals surface area (Å²) in [5.41, 5.74) is 0.740. The van der Waals surface area contributed by atoms with Gasteiger partial charge in [-0.3, -0.25) is 9.80 Å². The van der Waals surface area contributed by atoms with Crippen molar-refractivity contribution in [3.63, 3.8) is 0 Å². The average molecular weight is 365 g/mol. The molecule has 1 aliphatic heterocycles. The first-order chi connectivity index (χ1) is 16.0. The van der Waals surface area contributed by atoms with Crippen LogP contribution in [0.4, 0.5) is 0 Å². The molecule has 1 heterocycles. The van der Waals surface area contributed by atoms with Gasteiger partial charge in [0.25, 0.3) is 0 Å². The number of halogens is 1. The first-order valence-electron chi connectivity index (χ1n) is 13.4. The predicted octanol–water partition coefficient (Wildman–Crippen LogP) is 4.94. The zero-order valence-electron chi connectivity index (χ0n) is 24.3. The van der Waals surface area contributed by atoms with Crippen molar-refractivity contribution in [1.29, 1.82) is 0 Å². The lowest BCUT2D eigenvalue weighted by Crippen LogP contribution is -2.58. The van der Waals surface area contributed by atoms with Crippen molar-refractivity contribution in [2.24, 2.45) is 0 Å². The lowest BCUT2D eigenvalue weighted by molar-refractivity contribution is 0.0158. The number of nitrogens with zero attached hydrogens (tertiary/aromatic N) is 2. The zero-order chi connectivity index (χ0) is 26.2. The molecule has 3 heteroatoms. The van der Waals surface area contributed by atoms with Crippen LogP contribution in [0.3, 0.4) is 0 Å². The van der Waals surface area contributed by atoms with Crippen molar-refractivity contribution in [1.82, 2.24) is 9.80 Å². The van der Waals surface area contributed by atoms with E-state index in [0.29, 0.717) is 11.4 Å². The smallest absolute Gasteiger partial charge is 0.0626 e. The molecular formula is C22H27ClN2. The first-order valence-corrected chi connectivity index (χ1v) is 8.76. The molecule has 0 saturated carbocycles. The van der Waals surface area contributed by atoms with Gasteiger partial charge in [-0.05, 0) is 56.1 Å². The third-order valence-corrected chi connectivity index (χ3v) is 5.41. The predicted molar refractivity (Wildman–Crippen MR) is 105 cm³/mol. The summed E-state index contributed by atoms with van der Waals surface area (Å²) in [5.74, 6) is -0.518. The van der Waals surface area contributed by atoms with E-state index in [1.54, 1.807) is 32.0 Å². The van der Waals surface area contributed by atoms with Gasteiger partial charge in [-0.2, -0.15) is 0 Å². The summed E-state index contributed by atoms with van der Waals surface area (Å²) in [6, 6.07) is 3.12. The molecule has 2 nitrogen and oxygen atoms in total. The summed E-state index contributed by atoms with van der Waals surface area (Å²) in [4.78, 5) is 2.84. The summed E-state index contributed by atoms with van der Waals surface area (Å²) in [6.45, 7) is -1.28. The van der Waals surface area contributed by atoms with Crippen molar-refractivity contribution in [3.05, 3.63) is 70.1 Å². The highest BCUT2D eigenvalue weighted by molar-refractivity contribution is 6.30. The summed E-state index contributed by atoms with van der Waals surface area (Å²) in [6.07, 6.45) is 0.351. The first kappa shape index (κ1) is 9.03. The number of benzene rings is 2. The van der Waals surface area contributed by atoms with E-state index < -0.39 is 43.1 Å². The zero-order valence-corrected chi connectivity index (χ0v) is 15.0. The molecule has 4 rings (SSSR count). The molecule has 1 aliphatic carbocycles. The van der Waals surface area contributed by atoms with Crippen LogP contribution >= 0.6 is 11.6 Å². The highest BCUT2D eigenvalue weighted by Crippen LogP contribution is 2.48. The Morgan fingerprint density at radius 3 is 2.76 bits per heavy atom. The van der Waals surface area contributed by atoms with Crippen LogP contribution in [0.1, 0.15) is 62.6 Å². The minimum absolute atomic E-state index is 0.168. The van der Waals surface area contributed by atoms with Gasteiger partial charge in [-0.25, -0.2) is 0 Å². The number of likely N-dealkylation sites (N-methyl/N-ethyl adjacent to an activating group) is 1. The molecular weight excluding hydrogens is 328 g/mol. The average Bonchev–Trinajstić information content (AvgIpc) is 3.06. The molecule has 2 atom stereocenters. The maximum atomic E-state index is 8.61. The Balaban J connectivity index is 1.81. The number of piperazine rings is 1. The van der Waals surface area contributed by atoms with Gasteiger partial charge in [-0.15, -0.1) is 0 Å². The fourth-order valence-corrected chi connectivity index (χ4v) is 4.08. The van der Waals surface area contributed by atoms with Gasteiger partial charge in [0.05, 0.1) is 6.85 Å². The SMILES string of the molecule is [2H]c1c([2H])c([2H])c([C@@H]2C[C@@H](N3CC([2H])([2H])N(C([2H])([2H])[2H])C(C)(C)C3)c3cc(Cl)ccc32)c([2H])c1[2H]. The van der Waals surface area contributed by atoms with Gasteiger partial charge in [0.15, 0.2) is 0 Å². The van der Waals surface area contributed by atoms with Gasteiger partial charge < -0.3 is 0 Å². The highest BCUT2D eigenvalue weighted by atomic mass is 35.5. The fourth-order valence-electron chi connectivity index (χ4n) is 3.90. The van der Waals surface area contributed by atoms with E-state index in [-0.39, 0.29) is 36.8 Å². The molecule has 0 unspecified atom stereocenters. The van der Waals surface area contributed by atoms with Gasteiger partial charge in [-0.1, -0.05) is 47.9 Å². The molecule has 25 heavy (non-hydrogen) atoms. The second-order valence-electron chi connectivity index (χ2n) is 7.33. The largest absolute Gasteiger partial charge is 0.299 e. The second kappa shape index (κ2) is 6.42. The van der Waals surface area contributed by atoms with Crippen molar-refractivity contribution in [3.8, 4) is 0 Å². The topological polar surface area (TPSA) is 6.48 Å². The van der Waals surface area contributed by atoms with Crippen molar-refractivity contribution in [2.45, 2.75) is 37.8 Å². The maximum absolute atomic E-state index is 8.61. The monoisotopic (exact) mass is 364 g/mol. The van der Waals surface area contributed by atoms with Crippen LogP contribution in [0.15, 0.2) is 48.4 Å². The van der Waals surface area contributed by atoms with Crippen molar-refractivity contribution >= 4 is 11.6 Å². The third kappa shape index (κ3) is 3.12. The van der Waals surface area contributed by atoms with Crippen LogP contribution < -0.4 is 0 Å². The summed E-state index contributed by atoms with van der Waals surface area (Å²) in [5, 5.41) is 0.471. The Morgan fingerprint density at radius 1 is 1.24 bits per heavy atom. The van der Waals surface area contributed by atoms with E-state index in [1.807, 2.05) is 4.90 Å². The standard InChI is InChI=1S/C22H27ClN2/c1-22(2)15-25(12-11-24(22)3)21-14-19(16-7-5-4-6-8-16)18-10-9-17(23)13-20(18)21/h4-10,13,19,21H,11-12,14-15H2,1-3H3/t19-,21+/m0/s1/i3D3,4D,5D,6D,7D,8D,11D2. The lowest BCUT2D eigenvalue weighted by atomic mass is 9.93. The van der Waals surface area contributed by atoms with Gasteiger partial charge >= 0.3 is 0 Å². The molecule has 2 aromatic carbocycles. The minimum atomic E-state index is -2.62. The molecule has 0 aromatic heterocycles. The van der Waals surface area contributed by atoms with E-state index in [0.717, 1.165) is 16.0 Å². The van der Waals surface area contributed by atoms with Crippen LogP contribution in [0.25, 0.3) is 0 Å². The molecule has 0 radical (unpaired) electrons. The molecule has 2 aromatic rings. The molecule has 132 valence electrons. The van der Waals surface area contributed by atoms with Crippen LogP contribution in [-0.4, -0.2) is 41.9 Å². The Bertz CT molecular complexity index is 1130. The molecule has 0 spiro atoms. The number of hydrogen-bond acceptors (Lipinski definition) is 2. The van der Waals surface area contributed by atoms with E-state index >= 15 is 0 Å². The van der Waals surface area contributed by atoms with Gasteiger partial charge in [0, 0.05) is 49.0 Å². The Labute approximate surface area is 170 Å². The fraction of sp³-hybridized carbons (Fsp3) is 0.455. The lowest BCUT2D eigenvalue weighted by Gasteiger charge is -2.47. The van der Waals surface area contributed by atoms with E-state index in [2.05, 4.69) is 0 Å². The summed E-state index contributed by atoms with van der Waals surface area (Å²) >= 11 is 6.32. The number of hydrogen-bond donors (Lipinski definition) is 0. The highest BCUT2D eigenvalue weighted by Gasteiger charge is 2.40. The molecule has 0 bridgehead atoms. The summed E-state index contributed by atoms with van der Waals surface area (Å²) in [7, 11) is 0. The molecule has 0 amide bonds. The Hall–Kier alpha value is -1.35. The Morgan fingerprint density at radius 2 is 2.04 bits per heavy atom. The van der Waals surface area contributed by atoms with Crippen LogP contribution in [-0.2, 0) is 0 Å². The van der Waals surface area contributed by atoms with Gasteiger partial charge in [0.2, 0.25) is 0 Å². The molecule has 1 fully saturated rings. The minimum Gasteiger partial charge on any atom is -0.299 e. The Kier molecular flexibility index (Phi) is 2.32. The van der Waals surface area contributed by atoms with E-state index in [4.69, 9.17) is 25.3 Å². The molecule has 2 aliphatic rings. The summed E-state index contributed by atoms with van der Waals surface area (Å²) < 4.78 is 82.0. The number of rotatable bonds is 2. The van der Waals surface area contributed by atoms with Crippen molar-refractivity contribution < 1.29 is 13.7 Å². The molecule has 0 N–H and O–H groups in total. The quantitative estimate of drug-likeness (QED) is 0.744. The maximum Gasteiger partial charge on any atom is 0.0626 e. The number of fused-ring (bicyclic) bond motifs is 1. The molecule has 1 saturated heterocycles.